The quantitative estimate of drug-likeness (QED) is 0.609. The van der Waals surface area contributed by atoms with E-state index >= 15 is 0 Å². The first-order chi connectivity index (χ1) is 11.6. The number of phenols is 1. The fourth-order valence-electron chi connectivity index (χ4n) is 2.10. The third-order valence-corrected chi connectivity index (χ3v) is 3.40. The van der Waals surface area contributed by atoms with Gasteiger partial charge in [0.25, 0.3) is 5.91 Å². The average molecular weight is 330 g/mol. The summed E-state index contributed by atoms with van der Waals surface area (Å²) in [5.74, 6) is -0.206. The number of ether oxygens (including phenoxy) is 1. The van der Waals surface area contributed by atoms with Crippen LogP contribution < -0.4 is 15.8 Å². The number of nitrogens with two attached hydrogens (primary N) is 1. The number of hydrogen-bond donors (Lipinski definition) is 3. The number of amides is 1. The SMILES string of the molecule is CCCCCNCc1ccc(Oc2cnc(C(N)=O)cn2)c(O)c1. The molecule has 1 heterocycles. The van der Waals surface area contributed by atoms with E-state index in [9.17, 15) is 9.90 Å². The van der Waals surface area contributed by atoms with Gasteiger partial charge in [-0.15, -0.1) is 0 Å². The number of benzene rings is 1. The first-order valence-corrected chi connectivity index (χ1v) is 7.92. The Labute approximate surface area is 140 Å². The van der Waals surface area contributed by atoms with E-state index in [1.54, 1.807) is 12.1 Å². The van der Waals surface area contributed by atoms with Gasteiger partial charge >= 0.3 is 0 Å². The van der Waals surface area contributed by atoms with E-state index in [1.807, 2.05) is 6.07 Å². The summed E-state index contributed by atoms with van der Waals surface area (Å²) in [4.78, 5) is 18.7. The lowest BCUT2D eigenvalue weighted by atomic mass is 10.2. The molecule has 1 aromatic carbocycles. The molecule has 2 aromatic rings. The summed E-state index contributed by atoms with van der Waals surface area (Å²) in [6.07, 6.45) is 6.05. The highest BCUT2D eigenvalue weighted by Gasteiger charge is 2.08. The van der Waals surface area contributed by atoms with Crippen molar-refractivity contribution in [2.24, 2.45) is 5.73 Å². The summed E-state index contributed by atoms with van der Waals surface area (Å²) in [6, 6.07) is 5.18. The molecule has 0 spiro atoms. The molecule has 128 valence electrons. The van der Waals surface area contributed by atoms with Crippen molar-refractivity contribution in [3.63, 3.8) is 0 Å². The molecule has 7 heteroatoms. The molecule has 2 rings (SSSR count). The highest BCUT2D eigenvalue weighted by atomic mass is 16.5. The maximum Gasteiger partial charge on any atom is 0.268 e. The van der Waals surface area contributed by atoms with Crippen LogP contribution in [0, 0.1) is 0 Å². The van der Waals surface area contributed by atoms with Gasteiger partial charge in [0.2, 0.25) is 5.88 Å². The van der Waals surface area contributed by atoms with E-state index in [4.69, 9.17) is 10.5 Å². The van der Waals surface area contributed by atoms with Gasteiger partial charge in [0.05, 0.1) is 12.4 Å². The first kappa shape index (κ1) is 17.7. The van der Waals surface area contributed by atoms with Gasteiger partial charge in [-0.2, -0.15) is 0 Å². The Hall–Kier alpha value is -2.67. The molecule has 4 N–H and O–H groups in total. The summed E-state index contributed by atoms with van der Waals surface area (Å²) in [6.45, 7) is 3.81. The summed E-state index contributed by atoms with van der Waals surface area (Å²) >= 11 is 0. The third-order valence-electron chi connectivity index (χ3n) is 3.40. The number of rotatable bonds is 9. The van der Waals surface area contributed by atoms with E-state index in [0.717, 1.165) is 18.5 Å². The lowest BCUT2D eigenvalue weighted by Crippen LogP contribution is -2.14. The molecule has 1 aromatic heterocycles. The van der Waals surface area contributed by atoms with Crippen molar-refractivity contribution in [3.05, 3.63) is 41.9 Å². The molecule has 0 radical (unpaired) electrons. The molecule has 0 saturated heterocycles. The summed E-state index contributed by atoms with van der Waals surface area (Å²) in [5.41, 5.74) is 6.11. The number of carbonyl (C=O) groups is 1. The molecule has 24 heavy (non-hydrogen) atoms. The molecule has 7 nitrogen and oxygen atoms in total. The van der Waals surface area contributed by atoms with E-state index in [-0.39, 0.29) is 23.1 Å². The first-order valence-electron chi connectivity index (χ1n) is 7.92. The molecule has 0 atom stereocenters. The van der Waals surface area contributed by atoms with Gasteiger partial charge in [-0.3, -0.25) is 4.79 Å². The van der Waals surface area contributed by atoms with E-state index < -0.39 is 5.91 Å². The minimum absolute atomic E-state index is 0.0173. The molecule has 0 aliphatic heterocycles. The largest absolute Gasteiger partial charge is 0.504 e. The lowest BCUT2D eigenvalue weighted by Gasteiger charge is -2.09. The standard InChI is InChI=1S/C17H22N4O3/c1-2-3-4-7-19-9-12-5-6-15(14(22)8-12)24-16-11-20-13(10-21-16)17(18)23/h5-6,8,10-11,19,22H,2-4,7,9H2,1H3,(H2,18,23). The van der Waals surface area contributed by atoms with Gasteiger partial charge < -0.3 is 20.9 Å². The van der Waals surface area contributed by atoms with E-state index in [2.05, 4.69) is 22.2 Å². The number of hydrogen-bond acceptors (Lipinski definition) is 6. The van der Waals surface area contributed by atoms with Gasteiger partial charge in [0.1, 0.15) is 5.69 Å². The predicted molar refractivity (Wildman–Crippen MR) is 90.0 cm³/mol. The van der Waals surface area contributed by atoms with Crippen LogP contribution in [0.5, 0.6) is 17.4 Å². The van der Waals surface area contributed by atoms with Crippen molar-refractivity contribution in [3.8, 4) is 17.4 Å². The Kier molecular flexibility index (Phi) is 6.51. The second kappa shape index (κ2) is 8.83. The molecule has 0 unspecified atom stereocenters. The normalized spacial score (nSPS) is 10.5. The van der Waals surface area contributed by atoms with Gasteiger partial charge in [-0.05, 0) is 30.7 Å². The van der Waals surface area contributed by atoms with Crippen molar-refractivity contribution < 1.29 is 14.6 Å². The number of nitrogens with one attached hydrogen (secondary N) is 1. The van der Waals surface area contributed by atoms with E-state index in [0.29, 0.717) is 6.54 Å². The molecule has 0 aliphatic rings. The number of unbranched alkanes of at least 4 members (excludes halogenated alkanes) is 2. The fourth-order valence-corrected chi connectivity index (χ4v) is 2.10. The van der Waals surface area contributed by atoms with Gasteiger partial charge in [0, 0.05) is 6.54 Å². The smallest absolute Gasteiger partial charge is 0.268 e. The van der Waals surface area contributed by atoms with Gasteiger partial charge in [-0.1, -0.05) is 25.8 Å². The van der Waals surface area contributed by atoms with Crippen LogP contribution in [-0.2, 0) is 6.54 Å². The Balaban J connectivity index is 1.93. The topological polar surface area (TPSA) is 110 Å². The van der Waals surface area contributed by atoms with Crippen LogP contribution in [0.1, 0.15) is 42.2 Å². The van der Waals surface area contributed by atoms with Crippen LogP contribution in [0.3, 0.4) is 0 Å². The molecule has 0 bridgehead atoms. The van der Waals surface area contributed by atoms with Crippen molar-refractivity contribution in [2.75, 3.05) is 6.54 Å². The minimum atomic E-state index is -0.660. The van der Waals surface area contributed by atoms with Crippen LogP contribution in [0.4, 0.5) is 0 Å². The number of aromatic hydroxyl groups is 1. The second-order valence-electron chi connectivity index (χ2n) is 5.39. The number of carbonyl (C=O) groups excluding carboxylic acids is 1. The monoisotopic (exact) mass is 330 g/mol. The summed E-state index contributed by atoms with van der Waals surface area (Å²) in [7, 11) is 0. The second-order valence-corrected chi connectivity index (χ2v) is 5.39. The predicted octanol–water partition coefficient (Wildman–Crippen LogP) is 2.35. The van der Waals surface area contributed by atoms with Crippen molar-refractivity contribution in [2.45, 2.75) is 32.7 Å². The third kappa shape index (κ3) is 5.20. The zero-order chi connectivity index (χ0) is 17.4. The van der Waals surface area contributed by atoms with Crippen LogP contribution in [0.15, 0.2) is 30.6 Å². The number of phenolic OH excluding ortho intramolecular Hbond substituents is 1. The molecule has 0 saturated carbocycles. The van der Waals surface area contributed by atoms with Crippen molar-refractivity contribution in [1.29, 1.82) is 0 Å². The Bertz CT molecular complexity index is 674. The van der Waals surface area contributed by atoms with Gasteiger partial charge in [0.15, 0.2) is 11.5 Å². The average Bonchev–Trinajstić information content (AvgIpc) is 2.57. The summed E-state index contributed by atoms with van der Waals surface area (Å²) in [5, 5.41) is 13.4. The lowest BCUT2D eigenvalue weighted by molar-refractivity contribution is 0.0995. The zero-order valence-corrected chi connectivity index (χ0v) is 13.7. The molecule has 0 fully saturated rings. The van der Waals surface area contributed by atoms with Crippen molar-refractivity contribution >= 4 is 5.91 Å². The Morgan fingerprint density at radius 3 is 2.75 bits per heavy atom. The molecule has 0 aliphatic carbocycles. The summed E-state index contributed by atoms with van der Waals surface area (Å²) < 4.78 is 5.46. The van der Waals surface area contributed by atoms with Crippen molar-refractivity contribution in [1.82, 2.24) is 15.3 Å². The highest BCUT2D eigenvalue weighted by molar-refractivity contribution is 5.90. The van der Waals surface area contributed by atoms with Crippen LogP contribution in [0.2, 0.25) is 0 Å². The molecular formula is C17H22N4O3. The Morgan fingerprint density at radius 2 is 2.12 bits per heavy atom. The fraction of sp³-hybridized carbons (Fsp3) is 0.353. The van der Waals surface area contributed by atoms with E-state index in [1.165, 1.54) is 25.2 Å². The maximum atomic E-state index is 10.9. The van der Waals surface area contributed by atoms with Crippen LogP contribution in [-0.4, -0.2) is 27.5 Å². The maximum absolute atomic E-state index is 10.9. The number of aromatic nitrogens is 2. The van der Waals surface area contributed by atoms with Crippen LogP contribution >= 0.6 is 0 Å². The number of nitrogens with zero attached hydrogens (tertiary/aromatic N) is 2. The minimum Gasteiger partial charge on any atom is -0.504 e. The highest BCUT2D eigenvalue weighted by Crippen LogP contribution is 2.30. The van der Waals surface area contributed by atoms with Gasteiger partial charge in [-0.25, -0.2) is 9.97 Å². The zero-order valence-electron chi connectivity index (χ0n) is 13.7. The van der Waals surface area contributed by atoms with Crippen LogP contribution in [0.25, 0.3) is 0 Å². The molecular weight excluding hydrogens is 308 g/mol. The molecule has 1 amide bonds. The Morgan fingerprint density at radius 1 is 1.29 bits per heavy atom. The number of primary amides is 1.